The molecule has 76 valence electrons. The minimum atomic E-state index is -0.771. The molecule has 0 atom stereocenters. The molecule has 0 radical (unpaired) electrons. The fourth-order valence-electron chi connectivity index (χ4n) is 0.914. The van der Waals surface area contributed by atoms with E-state index in [0.717, 1.165) is 15.1 Å². The van der Waals surface area contributed by atoms with E-state index >= 15 is 0 Å². The van der Waals surface area contributed by atoms with Crippen LogP contribution in [0.5, 0.6) is 0 Å². The molecular formula is C9H10BrNO2S. The van der Waals surface area contributed by atoms with Crippen LogP contribution in [0.1, 0.15) is 12.0 Å². The maximum atomic E-state index is 10.3. The lowest BCUT2D eigenvalue weighted by molar-refractivity contribution is -0.136. The molecule has 5 heteroatoms. The molecule has 0 unspecified atom stereocenters. The molecule has 1 rings (SSSR count). The molecule has 0 aliphatic rings. The molecule has 0 saturated carbocycles. The third-order valence-electron chi connectivity index (χ3n) is 1.55. The van der Waals surface area contributed by atoms with Gasteiger partial charge in [0.2, 0.25) is 0 Å². The average molecular weight is 276 g/mol. The van der Waals surface area contributed by atoms with Crippen molar-refractivity contribution >= 4 is 33.7 Å². The number of pyridine rings is 1. The van der Waals surface area contributed by atoms with Crippen LogP contribution in [0.25, 0.3) is 0 Å². The summed E-state index contributed by atoms with van der Waals surface area (Å²) in [4.78, 5) is 14.5. The van der Waals surface area contributed by atoms with E-state index in [0.29, 0.717) is 5.75 Å². The highest BCUT2D eigenvalue weighted by Gasteiger charge is 2.03. The summed E-state index contributed by atoms with van der Waals surface area (Å²) in [5.41, 5.74) is 1.06. The van der Waals surface area contributed by atoms with E-state index in [1.807, 2.05) is 13.0 Å². The quantitative estimate of drug-likeness (QED) is 0.859. The highest BCUT2D eigenvalue weighted by Crippen LogP contribution is 2.22. The van der Waals surface area contributed by atoms with Crippen LogP contribution in [0.4, 0.5) is 0 Å². The number of hydrogen-bond acceptors (Lipinski definition) is 3. The van der Waals surface area contributed by atoms with Crippen LogP contribution in [-0.4, -0.2) is 21.8 Å². The maximum absolute atomic E-state index is 10.3. The van der Waals surface area contributed by atoms with E-state index in [4.69, 9.17) is 5.11 Å². The van der Waals surface area contributed by atoms with Crippen LogP contribution < -0.4 is 0 Å². The molecule has 0 saturated heterocycles. The van der Waals surface area contributed by atoms with Crippen LogP contribution in [0.2, 0.25) is 0 Å². The second-order valence-electron chi connectivity index (χ2n) is 2.77. The Balaban J connectivity index is 2.55. The van der Waals surface area contributed by atoms with E-state index in [2.05, 4.69) is 20.9 Å². The summed E-state index contributed by atoms with van der Waals surface area (Å²) in [7, 11) is 0. The van der Waals surface area contributed by atoms with Crippen molar-refractivity contribution in [1.82, 2.24) is 4.98 Å². The van der Waals surface area contributed by atoms with E-state index < -0.39 is 5.97 Å². The van der Waals surface area contributed by atoms with Gasteiger partial charge < -0.3 is 5.11 Å². The minimum absolute atomic E-state index is 0.169. The van der Waals surface area contributed by atoms with Crippen molar-refractivity contribution in [2.24, 2.45) is 0 Å². The molecule has 3 nitrogen and oxygen atoms in total. The first kappa shape index (κ1) is 11.5. The number of hydrogen-bond donors (Lipinski definition) is 1. The van der Waals surface area contributed by atoms with Gasteiger partial charge in [0.1, 0.15) is 0 Å². The molecule has 0 amide bonds. The fourth-order valence-corrected chi connectivity index (χ4v) is 2.24. The van der Waals surface area contributed by atoms with Gasteiger partial charge in [-0.2, -0.15) is 0 Å². The average Bonchev–Trinajstić information content (AvgIpc) is 2.08. The standard InChI is InChI=1S/C9H10BrNO2S/c1-6-4-7(10)5-11-9(6)14-3-2-8(12)13/h4-5H,2-3H2,1H3,(H,12,13). The number of aromatic nitrogens is 1. The second-order valence-corrected chi connectivity index (χ2v) is 4.77. The molecule has 1 N–H and O–H groups in total. The van der Waals surface area contributed by atoms with Gasteiger partial charge in [-0.15, -0.1) is 11.8 Å². The molecule has 0 aliphatic heterocycles. The monoisotopic (exact) mass is 275 g/mol. The Morgan fingerprint density at radius 2 is 2.43 bits per heavy atom. The highest BCUT2D eigenvalue weighted by molar-refractivity contribution is 9.10. The number of carboxylic acids is 1. The molecule has 0 aliphatic carbocycles. The Morgan fingerprint density at radius 3 is 3.00 bits per heavy atom. The summed E-state index contributed by atoms with van der Waals surface area (Å²) in [6.07, 6.45) is 1.89. The number of carbonyl (C=O) groups is 1. The van der Waals surface area contributed by atoms with E-state index in [9.17, 15) is 4.79 Å². The zero-order chi connectivity index (χ0) is 10.6. The number of carboxylic acid groups (broad SMARTS) is 1. The van der Waals surface area contributed by atoms with E-state index in [1.165, 1.54) is 11.8 Å². The Labute approximate surface area is 95.1 Å². The lowest BCUT2D eigenvalue weighted by atomic mass is 10.3. The third-order valence-corrected chi connectivity index (χ3v) is 3.09. The van der Waals surface area contributed by atoms with E-state index in [-0.39, 0.29) is 6.42 Å². The van der Waals surface area contributed by atoms with Crippen molar-refractivity contribution in [2.75, 3.05) is 5.75 Å². The first-order chi connectivity index (χ1) is 6.59. The molecular weight excluding hydrogens is 266 g/mol. The van der Waals surface area contributed by atoms with Crippen LogP contribution in [-0.2, 0) is 4.79 Å². The van der Waals surface area contributed by atoms with Crippen LogP contribution in [0.3, 0.4) is 0 Å². The maximum Gasteiger partial charge on any atom is 0.304 e. The minimum Gasteiger partial charge on any atom is -0.481 e. The molecule has 0 fully saturated rings. The largest absolute Gasteiger partial charge is 0.481 e. The van der Waals surface area contributed by atoms with Crippen molar-refractivity contribution in [3.8, 4) is 0 Å². The van der Waals surface area contributed by atoms with Crippen LogP contribution in [0, 0.1) is 6.92 Å². The zero-order valence-corrected chi connectivity index (χ0v) is 10.1. The van der Waals surface area contributed by atoms with Crippen LogP contribution >= 0.6 is 27.7 Å². The Morgan fingerprint density at radius 1 is 1.71 bits per heavy atom. The number of thioether (sulfide) groups is 1. The smallest absolute Gasteiger partial charge is 0.304 e. The van der Waals surface area contributed by atoms with Crippen molar-refractivity contribution in [2.45, 2.75) is 18.4 Å². The lowest BCUT2D eigenvalue weighted by Gasteiger charge is -2.03. The molecule has 0 bridgehead atoms. The predicted molar refractivity (Wildman–Crippen MR) is 59.7 cm³/mol. The molecule has 14 heavy (non-hydrogen) atoms. The summed E-state index contributed by atoms with van der Waals surface area (Å²) in [5, 5.41) is 9.36. The number of nitrogens with zero attached hydrogens (tertiary/aromatic N) is 1. The van der Waals surface area contributed by atoms with Gasteiger partial charge in [0.15, 0.2) is 0 Å². The fraction of sp³-hybridized carbons (Fsp3) is 0.333. The van der Waals surface area contributed by atoms with Gasteiger partial charge in [-0.1, -0.05) is 0 Å². The molecule has 0 spiro atoms. The van der Waals surface area contributed by atoms with Gasteiger partial charge >= 0.3 is 5.97 Å². The van der Waals surface area contributed by atoms with E-state index in [1.54, 1.807) is 6.20 Å². The number of aryl methyl sites for hydroxylation is 1. The third kappa shape index (κ3) is 3.67. The summed E-state index contributed by atoms with van der Waals surface area (Å²) < 4.78 is 0.942. The topological polar surface area (TPSA) is 50.2 Å². The van der Waals surface area contributed by atoms with Crippen molar-refractivity contribution in [3.05, 3.63) is 22.3 Å². The molecule has 1 aromatic rings. The molecule has 0 aromatic carbocycles. The second kappa shape index (κ2) is 5.36. The number of rotatable bonds is 4. The molecule has 1 aromatic heterocycles. The predicted octanol–water partition coefficient (Wildman–Crippen LogP) is 2.72. The summed E-state index contributed by atoms with van der Waals surface area (Å²) in [6, 6.07) is 1.97. The van der Waals surface area contributed by atoms with Crippen molar-refractivity contribution in [1.29, 1.82) is 0 Å². The highest BCUT2D eigenvalue weighted by atomic mass is 79.9. The van der Waals surface area contributed by atoms with Crippen LogP contribution in [0.15, 0.2) is 21.8 Å². The van der Waals surface area contributed by atoms with Gasteiger partial charge in [-0.25, -0.2) is 4.98 Å². The van der Waals surface area contributed by atoms with Gasteiger partial charge in [0.25, 0.3) is 0 Å². The van der Waals surface area contributed by atoms with Crippen molar-refractivity contribution in [3.63, 3.8) is 0 Å². The Hall–Kier alpha value is -0.550. The SMILES string of the molecule is Cc1cc(Br)cnc1SCCC(=O)O. The number of halogens is 1. The summed E-state index contributed by atoms with van der Waals surface area (Å²) in [6.45, 7) is 1.96. The lowest BCUT2D eigenvalue weighted by Crippen LogP contribution is -1.96. The summed E-state index contributed by atoms with van der Waals surface area (Å²) in [5.74, 6) is -0.211. The first-order valence-electron chi connectivity index (χ1n) is 4.06. The van der Waals surface area contributed by atoms with Gasteiger partial charge in [-0.3, -0.25) is 4.79 Å². The van der Waals surface area contributed by atoms with Gasteiger partial charge in [0.05, 0.1) is 11.4 Å². The van der Waals surface area contributed by atoms with Gasteiger partial charge in [-0.05, 0) is 34.5 Å². The Bertz CT molecular complexity index is 344. The normalized spacial score (nSPS) is 10.1. The first-order valence-corrected chi connectivity index (χ1v) is 5.84. The summed E-state index contributed by atoms with van der Waals surface area (Å²) >= 11 is 4.79. The molecule has 1 heterocycles. The van der Waals surface area contributed by atoms with Crippen molar-refractivity contribution < 1.29 is 9.90 Å². The number of aliphatic carboxylic acids is 1. The van der Waals surface area contributed by atoms with Gasteiger partial charge in [0, 0.05) is 16.4 Å². The zero-order valence-electron chi connectivity index (χ0n) is 7.66. The Kier molecular flexibility index (Phi) is 4.41.